The van der Waals surface area contributed by atoms with E-state index in [9.17, 15) is 8.42 Å². The first kappa shape index (κ1) is 18.5. The number of aromatic nitrogens is 2. The number of rotatable bonds is 12. The molecule has 1 aromatic rings. The van der Waals surface area contributed by atoms with Gasteiger partial charge in [0.15, 0.2) is 5.03 Å². The average molecular weight is 335 g/mol. The van der Waals surface area contributed by atoms with Crippen LogP contribution in [0.4, 0.5) is 0 Å². The average Bonchev–Trinajstić information content (AvgIpc) is 2.92. The number of nitrogens with one attached hydrogen (secondary N) is 3. The molecule has 0 aromatic carbocycles. The minimum atomic E-state index is -3.49. The molecule has 1 heterocycles. The van der Waals surface area contributed by atoms with Crippen molar-refractivity contribution in [3.05, 3.63) is 11.8 Å². The van der Waals surface area contributed by atoms with Gasteiger partial charge in [-0.1, -0.05) is 13.3 Å². The molecule has 0 spiro atoms. The van der Waals surface area contributed by atoms with Crippen LogP contribution in [-0.4, -0.2) is 43.7 Å². The van der Waals surface area contributed by atoms with E-state index in [0.29, 0.717) is 18.7 Å². The Bertz CT molecular complexity index is 488. The summed E-state index contributed by atoms with van der Waals surface area (Å²) in [5.41, 5.74) is 0.679. The zero-order valence-corrected chi connectivity index (χ0v) is 14.4. The van der Waals surface area contributed by atoms with Crippen molar-refractivity contribution in [2.75, 3.05) is 25.1 Å². The molecule has 0 atom stereocenters. The van der Waals surface area contributed by atoms with Crippen LogP contribution >= 0.6 is 11.8 Å². The SMILES string of the molecule is CCCNCc1cn[nH]c1S(=O)(=O)NCCCCCSC. The lowest BCUT2D eigenvalue weighted by molar-refractivity contribution is 0.569. The Morgan fingerprint density at radius 3 is 2.81 bits per heavy atom. The molecule has 3 N–H and O–H groups in total. The Kier molecular flexibility index (Phi) is 8.98. The number of hydrogen-bond donors (Lipinski definition) is 3. The molecule has 122 valence electrons. The van der Waals surface area contributed by atoms with E-state index in [1.807, 2.05) is 11.8 Å². The van der Waals surface area contributed by atoms with Crippen LogP contribution in [0.25, 0.3) is 0 Å². The van der Waals surface area contributed by atoms with Gasteiger partial charge in [-0.05, 0) is 37.8 Å². The summed E-state index contributed by atoms with van der Waals surface area (Å²) in [5.74, 6) is 1.13. The maximum Gasteiger partial charge on any atom is 0.257 e. The monoisotopic (exact) mass is 334 g/mol. The summed E-state index contributed by atoms with van der Waals surface area (Å²) in [6.45, 7) is 3.90. The second-order valence-corrected chi connectivity index (χ2v) is 7.54. The van der Waals surface area contributed by atoms with Crippen LogP contribution in [0.1, 0.15) is 38.2 Å². The maximum absolute atomic E-state index is 12.2. The molecule has 0 saturated heterocycles. The van der Waals surface area contributed by atoms with E-state index >= 15 is 0 Å². The van der Waals surface area contributed by atoms with Gasteiger partial charge in [0.05, 0.1) is 6.20 Å². The predicted octanol–water partition coefficient (Wildman–Crippen LogP) is 1.72. The van der Waals surface area contributed by atoms with Crippen LogP contribution in [0, 0.1) is 0 Å². The Morgan fingerprint density at radius 2 is 2.10 bits per heavy atom. The lowest BCUT2D eigenvalue weighted by Crippen LogP contribution is -2.27. The zero-order chi connectivity index (χ0) is 15.6. The summed E-state index contributed by atoms with van der Waals surface area (Å²) < 4.78 is 27.1. The first-order chi connectivity index (χ1) is 10.1. The molecule has 0 amide bonds. The van der Waals surface area contributed by atoms with Gasteiger partial charge in [0.2, 0.25) is 0 Å². The van der Waals surface area contributed by atoms with Crippen molar-refractivity contribution in [2.24, 2.45) is 0 Å². The molecule has 0 saturated carbocycles. The van der Waals surface area contributed by atoms with Crippen LogP contribution in [0.3, 0.4) is 0 Å². The third-order valence-corrected chi connectivity index (χ3v) is 5.18. The molecule has 0 aliphatic heterocycles. The Hall–Kier alpha value is -0.570. The number of aromatic amines is 1. The van der Waals surface area contributed by atoms with Gasteiger partial charge in [0.25, 0.3) is 10.0 Å². The van der Waals surface area contributed by atoms with Crippen molar-refractivity contribution in [3.8, 4) is 0 Å². The predicted molar refractivity (Wildman–Crippen MR) is 88.0 cm³/mol. The van der Waals surface area contributed by atoms with Crippen molar-refractivity contribution < 1.29 is 8.42 Å². The maximum atomic E-state index is 12.2. The van der Waals surface area contributed by atoms with E-state index in [1.54, 1.807) is 6.20 Å². The first-order valence-electron chi connectivity index (χ1n) is 7.33. The lowest BCUT2D eigenvalue weighted by Gasteiger charge is -2.07. The quantitative estimate of drug-likeness (QED) is 0.507. The van der Waals surface area contributed by atoms with Gasteiger partial charge in [-0.3, -0.25) is 5.10 Å². The Labute approximate surface area is 131 Å². The molecule has 0 bridgehead atoms. The summed E-state index contributed by atoms with van der Waals surface area (Å²) in [6.07, 6.45) is 7.67. The molecule has 8 heteroatoms. The summed E-state index contributed by atoms with van der Waals surface area (Å²) in [7, 11) is -3.49. The van der Waals surface area contributed by atoms with E-state index < -0.39 is 10.0 Å². The normalized spacial score (nSPS) is 11.9. The fourth-order valence-corrected chi connectivity index (χ4v) is 3.58. The molecule has 0 aliphatic carbocycles. The highest BCUT2D eigenvalue weighted by Crippen LogP contribution is 2.11. The molecule has 1 aromatic heterocycles. The number of nitrogens with zero attached hydrogens (tertiary/aromatic N) is 1. The molecule has 1 rings (SSSR count). The fourth-order valence-electron chi connectivity index (χ4n) is 1.88. The van der Waals surface area contributed by atoms with Crippen LogP contribution < -0.4 is 10.0 Å². The molecule has 0 aliphatic rings. The highest BCUT2D eigenvalue weighted by molar-refractivity contribution is 7.98. The Morgan fingerprint density at radius 1 is 1.29 bits per heavy atom. The second kappa shape index (κ2) is 10.2. The standard InChI is InChI=1S/C13H26N4O2S2/c1-3-7-14-10-12-11-15-17-13(12)21(18,19)16-8-5-4-6-9-20-2/h11,14,16H,3-10H2,1-2H3,(H,15,17). The number of sulfonamides is 1. The van der Waals surface area contributed by atoms with Crippen molar-refractivity contribution in [1.29, 1.82) is 0 Å². The van der Waals surface area contributed by atoms with Gasteiger partial charge in [0, 0.05) is 18.7 Å². The van der Waals surface area contributed by atoms with Crippen molar-refractivity contribution >= 4 is 21.8 Å². The van der Waals surface area contributed by atoms with Gasteiger partial charge in [0.1, 0.15) is 0 Å². The van der Waals surface area contributed by atoms with E-state index in [-0.39, 0.29) is 5.03 Å². The molecule has 0 unspecified atom stereocenters. The van der Waals surface area contributed by atoms with Crippen LogP contribution in [0.2, 0.25) is 0 Å². The molecule has 0 fully saturated rings. The van der Waals surface area contributed by atoms with Gasteiger partial charge in [-0.25, -0.2) is 13.1 Å². The molecule has 0 radical (unpaired) electrons. The third-order valence-electron chi connectivity index (χ3n) is 3.01. The van der Waals surface area contributed by atoms with Crippen LogP contribution in [-0.2, 0) is 16.6 Å². The fraction of sp³-hybridized carbons (Fsp3) is 0.769. The van der Waals surface area contributed by atoms with Gasteiger partial charge in [-0.2, -0.15) is 16.9 Å². The number of unbranched alkanes of at least 4 members (excludes halogenated alkanes) is 2. The van der Waals surface area contributed by atoms with Gasteiger partial charge < -0.3 is 5.32 Å². The minimum Gasteiger partial charge on any atom is -0.313 e. The number of hydrogen-bond acceptors (Lipinski definition) is 5. The van der Waals surface area contributed by atoms with E-state index in [1.165, 1.54) is 0 Å². The summed E-state index contributed by atoms with van der Waals surface area (Å²) in [4.78, 5) is 0. The highest BCUT2D eigenvalue weighted by atomic mass is 32.2. The molecule has 21 heavy (non-hydrogen) atoms. The summed E-state index contributed by atoms with van der Waals surface area (Å²) >= 11 is 1.82. The molecule has 6 nitrogen and oxygen atoms in total. The Balaban J connectivity index is 2.44. The second-order valence-electron chi connectivity index (χ2n) is 4.85. The minimum absolute atomic E-state index is 0.176. The van der Waals surface area contributed by atoms with Gasteiger partial charge in [-0.15, -0.1) is 0 Å². The van der Waals surface area contributed by atoms with E-state index in [0.717, 1.165) is 38.0 Å². The number of thioether (sulfide) groups is 1. The molecular weight excluding hydrogens is 308 g/mol. The smallest absolute Gasteiger partial charge is 0.257 e. The lowest BCUT2D eigenvalue weighted by atomic mass is 10.2. The van der Waals surface area contributed by atoms with Crippen LogP contribution in [0.15, 0.2) is 11.2 Å². The third kappa shape index (κ3) is 6.82. The van der Waals surface area contributed by atoms with E-state index in [2.05, 4.69) is 33.4 Å². The summed E-state index contributed by atoms with van der Waals surface area (Å²) in [6, 6.07) is 0. The largest absolute Gasteiger partial charge is 0.313 e. The topological polar surface area (TPSA) is 86.9 Å². The van der Waals surface area contributed by atoms with Crippen LogP contribution in [0.5, 0.6) is 0 Å². The summed E-state index contributed by atoms with van der Waals surface area (Å²) in [5, 5.41) is 9.80. The highest BCUT2D eigenvalue weighted by Gasteiger charge is 2.19. The van der Waals surface area contributed by atoms with Crippen molar-refractivity contribution in [1.82, 2.24) is 20.2 Å². The van der Waals surface area contributed by atoms with Gasteiger partial charge >= 0.3 is 0 Å². The first-order valence-corrected chi connectivity index (χ1v) is 10.2. The van der Waals surface area contributed by atoms with Crippen molar-refractivity contribution in [3.63, 3.8) is 0 Å². The zero-order valence-electron chi connectivity index (χ0n) is 12.8. The number of H-pyrrole nitrogens is 1. The van der Waals surface area contributed by atoms with E-state index in [4.69, 9.17) is 0 Å². The molecular formula is C13H26N4O2S2. The van der Waals surface area contributed by atoms with Crippen molar-refractivity contribution in [2.45, 2.75) is 44.2 Å².